The second kappa shape index (κ2) is 7.53. The highest BCUT2D eigenvalue weighted by molar-refractivity contribution is 5.82. The number of halogens is 6. The van der Waals surface area contributed by atoms with Gasteiger partial charge in [-0.05, 0) is 30.3 Å². The first-order valence-corrected chi connectivity index (χ1v) is 7.09. The molecule has 0 aliphatic heterocycles. The zero-order valence-corrected chi connectivity index (χ0v) is 13.1. The zero-order valence-electron chi connectivity index (χ0n) is 13.1. The molecule has 0 radical (unpaired) electrons. The Hall–Kier alpha value is -3.29. The van der Waals surface area contributed by atoms with Crippen LogP contribution < -0.4 is 5.43 Å². The summed E-state index contributed by atoms with van der Waals surface area (Å²) >= 11 is 0. The molecule has 1 amide bonds. The number of nitrogens with zero attached hydrogens (tertiary/aromatic N) is 2. The lowest BCUT2D eigenvalue weighted by molar-refractivity contribution is -0.143. The largest absolute Gasteiger partial charge is 0.455 e. The normalized spacial score (nSPS) is 12.2. The molecule has 2 aromatic rings. The second-order valence-corrected chi connectivity index (χ2v) is 5.12. The fraction of sp³-hybridized carbons (Fsp3) is 0.188. The number of amides is 1. The van der Waals surface area contributed by atoms with Gasteiger partial charge in [0.2, 0.25) is 0 Å². The van der Waals surface area contributed by atoms with Crippen LogP contribution in [0.15, 0.2) is 39.9 Å². The number of hydrogen-bond acceptors (Lipinski definition) is 4. The third-order valence-corrected chi connectivity index (χ3v) is 3.12. The summed E-state index contributed by atoms with van der Waals surface area (Å²) in [7, 11) is 0. The van der Waals surface area contributed by atoms with Gasteiger partial charge in [-0.15, -0.1) is 0 Å². The number of hydrogen-bond donors (Lipinski definition) is 1. The van der Waals surface area contributed by atoms with Gasteiger partial charge in [0, 0.05) is 5.56 Å². The van der Waals surface area contributed by atoms with E-state index in [0.29, 0.717) is 12.1 Å². The molecule has 0 atom stereocenters. The summed E-state index contributed by atoms with van der Waals surface area (Å²) in [5, 5.41) is 11.8. The molecule has 142 valence electrons. The molecular weight excluding hydrogens is 380 g/mol. The van der Waals surface area contributed by atoms with Crippen molar-refractivity contribution in [2.75, 3.05) is 0 Å². The van der Waals surface area contributed by atoms with Crippen molar-refractivity contribution in [3.8, 4) is 17.4 Å². The molecular formula is C16H9F6N3O2. The van der Waals surface area contributed by atoms with Crippen molar-refractivity contribution < 1.29 is 35.6 Å². The maximum atomic E-state index is 12.9. The van der Waals surface area contributed by atoms with Crippen molar-refractivity contribution in [2.45, 2.75) is 18.8 Å². The molecule has 0 unspecified atom stereocenters. The van der Waals surface area contributed by atoms with Crippen LogP contribution in [0.2, 0.25) is 0 Å². The summed E-state index contributed by atoms with van der Waals surface area (Å²) in [4.78, 5) is 11.0. The number of carbonyl (C=O) groups is 1. The van der Waals surface area contributed by atoms with E-state index in [2.05, 4.69) is 5.10 Å². The number of carbonyl (C=O) groups excluding carboxylic acids is 1. The van der Waals surface area contributed by atoms with E-state index < -0.39 is 41.4 Å². The fourth-order valence-corrected chi connectivity index (χ4v) is 1.95. The van der Waals surface area contributed by atoms with Crippen molar-refractivity contribution in [3.63, 3.8) is 0 Å². The Bertz CT molecular complexity index is 874. The van der Waals surface area contributed by atoms with Gasteiger partial charge in [-0.3, -0.25) is 4.79 Å². The maximum Gasteiger partial charge on any atom is 0.416 e. The van der Waals surface area contributed by atoms with E-state index in [9.17, 15) is 31.1 Å². The van der Waals surface area contributed by atoms with E-state index in [-0.39, 0.29) is 17.6 Å². The van der Waals surface area contributed by atoms with Crippen molar-refractivity contribution in [1.29, 1.82) is 5.26 Å². The highest BCUT2D eigenvalue weighted by atomic mass is 19.4. The Morgan fingerprint density at radius 1 is 1.11 bits per heavy atom. The van der Waals surface area contributed by atoms with E-state index in [1.54, 1.807) is 6.07 Å². The van der Waals surface area contributed by atoms with E-state index in [0.717, 1.165) is 12.3 Å². The van der Waals surface area contributed by atoms with Crippen LogP contribution >= 0.6 is 0 Å². The average Bonchev–Trinajstić information content (AvgIpc) is 3.02. The van der Waals surface area contributed by atoms with E-state index in [4.69, 9.17) is 9.68 Å². The van der Waals surface area contributed by atoms with Gasteiger partial charge in [0.05, 0.1) is 23.4 Å². The Morgan fingerprint density at radius 2 is 1.70 bits per heavy atom. The van der Waals surface area contributed by atoms with Gasteiger partial charge >= 0.3 is 12.4 Å². The van der Waals surface area contributed by atoms with Crippen LogP contribution in [-0.2, 0) is 17.1 Å². The van der Waals surface area contributed by atoms with Crippen LogP contribution in [0.1, 0.15) is 23.3 Å². The molecule has 11 heteroatoms. The Balaban J connectivity index is 2.33. The summed E-state index contributed by atoms with van der Waals surface area (Å²) in [5.41, 5.74) is -1.38. The molecule has 0 bridgehead atoms. The Morgan fingerprint density at radius 3 is 2.22 bits per heavy atom. The molecule has 0 aliphatic rings. The summed E-state index contributed by atoms with van der Waals surface area (Å²) in [5.74, 6) is -0.988. The van der Waals surface area contributed by atoms with E-state index >= 15 is 0 Å². The molecule has 1 heterocycles. The number of alkyl halides is 6. The number of nitrogens with one attached hydrogen (secondary N) is 1. The molecule has 1 N–H and O–H groups in total. The lowest BCUT2D eigenvalue weighted by atomic mass is 10.0. The first-order valence-electron chi connectivity index (χ1n) is 7.09. The SMILES string of the molecule is N#CCC(=O)NN=Cc1ccc(-c2cc(C(F)(F)F)cc(C(F)(F)F)c2)o1. The van der Waals surface area contributed by atoms with Crippen LogP contribution in [-0.4, -0.2) is 12.1 Å². The first-order chi connectivity index (χ1) is 12.5. The third kappa shape index (κ3) is 5.34. The van der Waals surface area contributed by atoms with Crippen LogP contribution in [0.25, 0.3) is 11.3 Å². The number of nitriles is 1. The molecule has 27 heavy (non-hydrogen) atoms. The van der Waals surface area contributed by atoms with Crippen molar-refractivity contribution in [3.05, 3.63) is 47.2 Å². The quantitative estimate of drug-likeness (QED) is 0.480. The van der Waals surface area contributed by atoms with Crippen LogP contribution in [0.5, 0.6) is 0 Å². The van der Waals surface area contributed by atoms with Gasteiger partial charge in [-0.25, -0.2) is 5.43 Å². The van der Waals surface area contributed by atoms with Gasteiger partial charge in [0.1, 0.15) is 17.9 Å². The van der Waals surface area contributed by atoms with Crippen molar-refractivity contribution >= 4 is 12.1 Å². The molecule has 1 aromatic carbocycles. The lowest BCUT2D eigenvalue weighted by Crippen LogP contribution is -2.15. The van der Waals surface area contributed by atoms with Gasteiger partial charge < -0.3 is 4.42 Å². The van der Waals surface area contributed by atoms with Crippen molar-refractivity contribution in [2.24, 2.45) is 5.10 Å². The summed E-state index contributed by atoms with van der Waals surface area (Å²) in [6.45, 7) is 0. The van der Waals surface area contributed by atoms with Gasteiger partial charge in [-0.1, -0.05) is 0 Å². The van der Waals surface area contributed by atoms with E-state index in [1.807, 2.05) is 5.43 Å². The zero-order chi connectivity index (χ0) is 20.2. The smallest absolute Gasteiger partial charge is 0.416 e. The van der Waals surface area contributed by atoms with E-state index in [1.165, 1.54) is 6.07 Å². The number of benzene rings is 1. The lowest BCUT2D eigenvalue weighted by Gasteiger charge is -2.13. The number of hydrazone groups is 1. The second-order valence-electron chi connectivity index (χ2n) is 5.12. The third-order valence-electron chi connectivity index (χ3n) is 3.12. The standard InChI is InChI=1S/C16H9F6N3O2/c17-15(18,19)10-5-9(6-11(7-10)16(20,21)22)13-2-1-12(27-13)8-24-25-14(26)3-4-23/h1-2,5-8H,3H2,(H,25,26). The minimum Gasteiger partial charge on any atom is -0.455 e. The predicted octanol–water partition coefficient (Wildman–Crippen LogP) is 4.35. The molecule has 2 rings (SSSR count). The molecule has 5 nitrogen and oxygen atoms in total. The van der Waals surface area contributed by atoms with Gasteiger partial charge in [0.25, 0.3) is 5.91 Å². The summed E-state index contributed by atoms with van der Waals surface area (Å²) in [6, 6.07) is 5.06. The maximum absolute atomic E-state index is 12.9. The fourth-order valence-electron chi connectivity index (χ4n) is 1.95. The molecule has 0 saturated carbocycles. The first kappa shape index (κ1) is 20.0. The highest BCUT2D eigenvalue weighted by Crippen LogP contribution is 2.38. The summed E-state index contributed by atoms with van der Waals surface area (Å²) in [6.07, 6.45) is -9.40. The molecule has 0 saturated heterocycles. The highest BCUT2D eigenvalue weighted by Gasteiger charge is 2.37. The van der Waals surface area contributed by atoms with Gasteiger partial charge in [0.15, 0.2) is 0 Å². The number of furan rings is 1. The Labute approximate surface area is 147 Å². The number of rotatable bonds is 4. The monoisotopic (exact) mass is 389 g/mol. The van der Waals surface area contributed by atoms with Crippen LogP contribution in [0, 0.1) is 11.3 Å². The van der Waals surface area contributed by atoms with Gasteiger partial charge in [-0.2, -0.15) is 36.7 Å². The molecule has 0 aliphatic carbocycles. The average molecular weight is 389 g/mol. The molecule has 0 fully saturated rings. The minimum absolute atomic E-state index is 0.0134. The molecule has 0 spiro atoms. The van der Waals surface area contributed by atoms with Crippen LogP contribution in [0.4, 0.5) is 26.3 Å². The predicted molar refractivity (Wildman–Crippen MR) is 80.1 cm³/mol. The van der Waals surface area contributed by atoms with Crippen molar-refractivity contribution in [1.82, 2.24) is 5.43 Å². The molecule has 1 aromatic heterocycles. The summed E-state index contributed by atoms with van der Waals surface area (Å²) < 4.78 is 82.4. The van der Waals surface area contributed by atoms with Crippen LogP contribution in [0.3, 0.4) is 0 Å². The topological polar surface area (TPSA) is 78.4 Å². The minimum atomic E-state index is -4.97. The Kier molecular flexibility index (Phi) is 5.58.